The fraction of sp³-hybridized carbons (Fsp3) is 0.111. The molecular weight excluding hydrogens is 298 g/mol. The van der Waals surface area contributed by atoms with Crippen LogP contribution in [0.2, 0.25) is 5.02 Å². The molecule has 0 N–H and O–H groups in total. The van der Waals surface area contributed by atoms with Crippen LogP contribution in [0.4, 0.5) is 0 Å². The first kappa shape index (κ1) is 9.15. The molecule has 13 heavy (non-hydrogen) atoms. The second kappa shape index (κ2) is 3.38. The van der Waals surface area contributed by atoms with Crippen molar-refractivity contribution in [2.45, 2.75) is 6.92 Å². The Morgan fingerprint density at radius 1 is 1.31 bits per heavy atom. The van der Waals surface area contributed by atoms with Gasteiger partial charge >= 0.3 is 0 Å². The molecule has 0 unspecified atom stereocenters. The Kier molecular flexibility index (Phi) is 2.38. The molecule has 0 spiro atoms. The second-order valence-corrected chi connectivity index (χ2v) is 4.18. The molecule has 4 heteroatoms. The molecule has 1 aromatic heterocycles. The molecule has 0 aliphatic heterocycles. The first-order chi connectivity index (χ1) is 6.20. The first-order valence-electron chi connectivity index (χ1n) is 3.77. The normalized spacial score (nSPS) is 10.7. The Labute approximate surface area is 94.5 Å². The zero-order chi connectivity index (χ0) is 9.42. The number of aromatic nitrogens is 2. The lowest BCUT2D eigenvalue weighted by molar-refractivity contribution is 1.04. The molecule has 0 atom stereocenters. The van der Waals surface area contributed by atoms with Gasteiger partial charge in [0.1, 0.15) is 3.70 Å². The van der Waals surface area contributed by atoms with Crippen molar-refractivity contribution in [2.24, 2.45) is 0 Å². The van der Waals surface area contributed by atoms with Crippen molar-refractivity contribution in [1.82, 2.24) is 10.2 Å². The minimum Gasteiger partial charge on any atom is -0.149 e. The molecule has 1 aromatic carbocycles. The number of aryl methyl sites for hydroxylation is 1. The van der Waals surface area contributed by atoms with Gasteiger partial charge in [0, 0.05) is 5.39 Å². The Hall–Kier alpha value is -0.420. The third-order valence-corrected chi connectivity index (χ3v) is 3.35. The molecule has 0 fully saturated rings. The van der Waals surface area contributed by atoms with Gasteiger partial charge in [0.25, 0.3) is 0 Å². The van der Waals surface area contributed by atoms with Crippen molar-refractivity contribution >= 4 is 45.1 Å². The van der Waals surface area contributed by atoms with Crippen LogP contribution in [0.15, 0.2) is 18.2 Å². The maximum Gasteiger partial charge on any atom is 0.143 e. The van der Waals surface area contributed by atoms with Gasteiger partial charge in [-0.2, -0.15) is 0 Å². The Morgan fingerprint density at radius 2 is 2.08 bits per heavy atom. The number of halogens is 2. The van der Waals surface area contributed by atoms with Crippen LogP contribution in [0.5, 0.6) is 0 Å². The Bertz CT molecular complexity index is 470. The van der Waals surface area contributed by atoms with Crippen molar-refractivity contribution < 1.29 is 0 Å². The molecule has 0 saturated heterocycles. The third kappa shape index (κ3) is 1.50. The highest BCUT2D eigenvalue weighted by atomic mass is 127. The van der Waals surface area contributed by atoms with E-state index in [1.165, 1.54) is 0 Å². The summed E-state index contributed by atoms with van der Waals surface area (Å²) in [5, 5.41) is 9.73. The van der Waals surface area contributed by atoms with E-state index in [0.717, 1.165) is 20.2 Å². The molecule has 2 rings (SSSR count). The highest BCUT2D eigenvalue weighted by Gasteiger charge is 2.06. The molecule has 2 aromatic rings. The Balaban J connectivity index is 2.94. The molecule has 0 bridgehead atoms. The first-order valence-corrected chi connectivity index (χ1v) is 5.23. The van der Waals surface area contributed by atoms with Crippen LogP contribution < -0.4 is 0 Å². The van der Waals surface area contributed by atoms with Gasteiger partial charge in [-0.1, -0.05) is 29.8 Å². The zero-order valence-electron chi connectivity index (χ0n) is 6.88. The zero-order valence-corrected chi connectivity index (χ0v) is 9.80. The predicted octanol–water partition coefficient (Wildman–Crippen LogP) is 3.20. The molecule has 66 valence electrons. The highest BCUT2D eigenvalue weighted by molar-refractivity contribution is 14.1. The monoisotopic (exact) mass is 304 g/mol. The third-order valence-electron chi connectivity index (χ3n) is 1.89. The van der Waals surface area contributed by atoms with Crippen LogP contribution >= 0.6 is 34.2 Å². The average molecular weight is 305 g/mol. The van der Waals surface area contributed by atoms with Gasteiger partial charge in [-0.25, -0.2) is 0 Å². The summed E-state index contributed by atoms with van der Waals surface area (Å²) in [6.07, 6.45) is 0. The molecule has 1 heterocycles. The summed E-state index contributed by atoms with van der Waals surface area (Å²) >= 11 is 8.17. The number of hydrogen-bond donors (Lipinski definition) is 0. The van der Waals surface area contributed by atoms with E-state index in [0.29, 0.717) is 5.02 Å². The van der Waals surface area contributed by atoms with Crippen LogP contribution in [0.1, 0.15) is 5.56 Å². The summed E-state index contributed by atoms with van der Waals surface area (Å²) < 4.78 is 0.748. The standard InChI is InChI=1S/C9H6ClIN2/c1-5-3-2-4-6-7(10)9(11)13-12-8(5)6/h2-4H,1H3. The lowest BCUT2D eigenvalue weighted by atomic mass is 10.1. The average Bonchev–Trinajstić information content (AvgIpc) is 2.12. The van der Waals surface area contributed by atoms with E-state index < -0.39 is 0 Å². The van der Waals surface area contributed by atoms with E-state index in [4.69, 9.17) is 11.6 Å². The summed E-state index contributed by atoms with van der Waals surface area (Å²) in [5.74, 6) is 0. The number of benzene rings is 1. The lowest BCUT2D eigenvalue weighted by Crippen LogP contribution is -1.91. The van der Waals surface area contributed by atoms with E-state index in [1.807, 2.05) is 25.1 Å². The number of nitrogens with zero attached hydrogens (tertiary/aromatic N) is 2. The van der Waals surface area contributed by atoms with Crippen LogP contribution in [-0.2, 0) is 0 Å². The largest absolute Gasteiger partial charge is 0.149 e. The molecule has 0 radical (unpaired) electrons. The predicted molar refractivity (Wildman–Crippen MR) is 62.0 cm³/mol. The maximum atomic E-state index is 6.09. The Morgan fingerprint density at radius 3 is 2.85 bits per heavy atom. The van der Waals surface area contributed by atoms with Crippen LogP contribution in [0, 0.1) is 10.6 Å². The SMILES string of the molecule is Cc1cccc2c(Cl)c(I)nnc12. The molecule has 2 nitrogen and oxygen atoms in total. The highest BCUT2D eigenvalue weighted by Crippen LogP contribution is 2.26. The summed E-state index contributed by atoms with van der Waals surface area (Å²) in [7, 11) is 0. The fourth-order valence-electron chi connectivity index (χ4n) is 1.22. The van der Waals surface area contributed by atoms with Gasteiger partial charge in [0.05, 0.1) is 10.5 Å². The molecule has 0 aliphatic carbocycles. The van der Waals surface area contributed by atoms with Crippen LogP contribution in [0.25, 0.3) is 10.9 Å². The quantitative estimate of drug-likeness (QED) is 0.699. The minimum atomic E-state index is 0.689. The van der Waals surface area contributed by atoms with Gasteiger partial charge < -0.3 is 0 Å². The van der Waals surface area contributed by atoms with E-state index in [2.05, 4.69) is 32.8 Å². The van der Waals surface area contributed by atoms with Crippen molar-refractivity contribution in [3.63, 3.8) is 0 Å². The van der Waals surface area contributed by atoms with Crippen molar-refractivity contribution in [2.75, 3.05) is 0 Å². The van der Waals surface area contributed by atoms with E-state index in [-0.39, 0.29) is 0 Å². The molecule has 0 saturated carbocycles. The van der Waals surface area contributed by atoms with E-state index >= 15 is 0 Å². The summed E-state index contributed by atoms with van der Waals surface area (Å²) in [6, 6.07) is 5.93. The van der Waals surface area contributed by atoms with Crippen molar-refractivity contribution in [1.29, 1.82) is 0 Å². The molecule has 0 aliphatic rings. The van der Waals surface area contributed by atoms with Gasteiger partial charge in [-0.3, -0.25) is 0 Å². The van der Waals surface area contributed by atoms with Gasteiger partial charge in [-0.05, 0) is 35.1 Å². The summed E-state index contributed by atoms with van der Waals surface area (Å²) in [4.78, 5) is 0. The summed E-state index contributed by atoms with van der Waals surface area (Å²) in [6.45, 7) is 2.00. The number of hydrogen-bond acceptors (Lipinski definition) is 2. The molecular formula is C9H6ClIN2. The second-order valence-electron chi connectivity index (χ2n) is 2.78. The summed E-state index contributed by atoms with van der Waals surface area (Å²) in [5.41, 5.74) is 1.98. The van der Waals surface area contributed by atoms with Crippen LogP contribution in [0.3, 0.4) is 0 Å². The van der Waals surface area contributed by atoms with Gasteiger partial charge in [-0.15, -0.1) is 10.2 Å². The topological polar surface area (TPSA) is 25.8 Å². The number of fused-ring (bicyclic) bond motifs is 1. The fourth-order valence-corrected chi connectivity index (χ4v) is 1.81. The van der Waals surface area contributed by atoms with E-state index in [1.54, 1.807) is 0 Å². The van der Waals surface area contributed by atoms with Gasteiger partial charge in [0.15, 0.2) is 0 Å². The van der Waals surface area contributed by atoms with E-state index in [9.17, 15) is 0 Å². The lowest BCUT2D eigenvalue weighted by Gasteiger charge is -2.02. The minimum absolute atomic E-state index is 0.689. The van der Waals surface area contributed by atoms with Crippen molar-refractivity contribution in [3.05, 3.63) is 32.5 Å². The number of rotatable bonds is 0. The smallest absolute Gasteiger partial charge is 0.143 e. The van der Waals surface area contributed by atoms with Gasteiger partial charge in [0.2, 0.25) is 0 Å². The maximum absolute atomic E-state index is 6.09. The van der Waals surface area contributed by atoms with Crippen molar-refractivity contribution in [3.8, 4) is 0 Å². The molecule has 0 amide bonds. The van der Waals surface area contributed by atoms with Crippen LogP contribution in [-0.4, -0.2) is 10.2 Å².